The summed E-state index contributed by atoms with van der Waals surface area (Å²) in [7, 11) is 1.81. The molecule has 0 radical (unpaired) electrons. The number of halogens is 2. The number of rotatable bonds is 4. The summed E-state index contributed by atoms with van der Waals surface area (Å²) in [6, 6.07) is 4.70. The zero-order valence-electron chi connectivity index (χ0n) is 11.7. The average molecular weight is 373 g/mol. The summed E-state index contributed by atoms with van der Waals surface area (Å²) in [4.78, 5) is 12.1. The third-order valence-electron chi connectivity index (χ3n) is 3.05. The van der Waals surface area contributed by atoms with Gasteiger partial charge in [0.2, 0.25) is 0 Å². The van der Waals surface area contributed by atoms with Crippen molar-refractivity contribution in [2.45, 2.75) is 20.0 Å². The monoisotopic (exact) mass is 371 g/mol. The van der Waals surface area contributed by atoms with E-state index in [1.54, 1.807) is 23.9 Å². The highest BCUT2D eigenvalue weighted by atomic mass is 79.9. The summed E-state index contributed by atoms with van der Waals surface area (Å²) < 4.78 is 7.85. The van der Waals surface area contributed by atoms with Gasteiger partial charge in [0.1, 0.15) is 6.61 Å². The lowest BCUT2D eigenvalue weighted by Crippen LogP contribution is -2.09. The molecule has 1 aromatic heterocycles. The smallest absolute Gasteiger partial charge is 0.340 e. The molecule has 7 heteroatoms. The molecule has 2 aromatic rings. The van der Waals surface area contributed by atoms with Crippen LogP contribution < -0.4 is 5.73 Å². The molecule has 2 N–H and O–H groups in total. The molecule has 0 atom stereocenters. The number of nitrogen functional groups attached to an aromatic ring is 1. The van der Waals surface area contributed by atoms with Gasteiger partial charge < -0.3 is 10.5 Å². The van der Waals surface area contributed by atoms with E-state index in [9.17, 15) is 4.79 Å². The first kappa shape index (κ1) is 15.9. The lowest BCUT2D eigenvalue weighted by Gasteiger charge is -2.08. The summed E-state index contributed by atoms with van der Waals surface area (Å²) in [6.45, 7) is 2.11. The number of aryl methyl sites for hydroxylation is 2. The number of nitrogens with zero attached hydrogens (tertiary/aromatic N) is 2. The number of esters is 1. The standard InChI is InChI=1S/C14H15BrClN3O2/c1-3-11-13(15)12(19(2)18-11)7-21-14(20)9-6-8(17)4-5-10(9)16/h4-6H,3,7,17H2,1-2H3. The fraction of sp³-hybridized carbons (Fsp3) is 0.286. The van der Waals surface area contributed by atoms with Crippen LogP contribution in [0.2, 0.25) is 5.02 Å². The number of carbonyl (C=O) groups is 1. The Morgan fingerprint density at radius 3 is 2.86 bits per heavy atom. The van der Waals surface area contributed by atoms with E-state index in [-0.39, 0.29) is 12.2 Å². The fourth-order valence-electron chi connectivity index (χ4n) is 1.89. The largest absolute Gasteiger partial charge is 0.456 e. The summed E-state index contributed by atoms with van der Waals surface area (Å²) in [6.07, 6.45) is 0.795. The minimum absolute atomic E-state index is 0.105. The Kier molecular flexibility index (Phi) is 4.90. The molecule has 0 saturated carbocycles. The molecule has 1 aromatic carbocycles. The fourth-order valence-corrected chi connectivity index (χ4v) is 2.81. The first-order chi connectivity index (χ1) is 9.93. The van der Waals surface area contributed by atoms with Crippen molar-refractivity contribution >= 4 is 39.2 Å². The van der Waals surface area contributed by atoms with E-state index < -0.39 is 5.97 Å². The molecule has 0 aliphatic rings. The van der Waals surface area contributed by atoms with Crippen molar-refractivity contribution in [1.29, 1.82) is 0 Å². The van der Waals surface area contributed by atoms with E-state index in [2.05, 4.69) is 21.0 Å². The van der Waals surface area contributed by atoms with Crippen molar-refractivity contribution in [3.63, 3.8) is 0 Å². The molecule has 0 unspecified atom stereocenters. The van der Waals surface area contributed by atoms with Crippen LogP contribution in [0.4, 0.5) is 5.69 Å². The highest BCUT2D eigenvalue weighted by molar-refractivity contribution is 9.10. The summed E-state index contributed by atoms with van der Waals surface area (Å²) in [5, 5.41) is 4.66. The van der Waals surface area contributed by atoms with Gasteiger partial charge in [0, 0.05) is 12.7 Å². The van der Waals surface area contributed by atoms with E-state index in [0.717, 1.165) is 22.3 Å². The number of nitrogens with two attached hydrogens (primary N) is 1. The van der Waals surface area contributed by atoms with Gasteiger partial charge in [-0.1, -0.05) is 18.5 Å². The lowest BCUT2D eigenvalue weighted by atomic mass is 10.2. The van der Waals surface area contributed by atoms with Gasteiger partial charge in [0.05, 0.1) is 26.4 Å². The maximum atomic E-state index is 12.1. The molecule has 1 heterocycles. The van der Waals surface area contributed by atoms with Gasteiger partial charge in [0.25, 0.3) is 0 Å². The normalized spacial score (nSPS) is 10.7. The zero-order chi connectivity index (χ0) is 15.6. The predicted molar refractivity (Wildman–Crippen MR) is 85.3 cm³/mol. The van der Waals surface area contributed by atoms with Crippen LogP contribution in [0.1, 0.15) is 28.7 Å². The van der Waals surface area contributed by atoms with Gasteiger partial charge in [-0.25, -0.2) is 4.79 Å². The molecule has 0 aliphatic carbocycles. The van der Waals surface area contributed by atoms with Crippen LogP contribution in [0.5, 0.6) is 0 Å². The second-order valence-corrected chi connectivity index (χ2v) is 5.70. The van der Waals surface area contributed by atoms with Crippen LogP contribution in [-0.2, 0) is 24.8 Å². The number of carbonyl (C=O) groups excluding carboxylic acids is 1. The molecular formula is C14H15BrClN3O2. The number of ether oxygens (including phenoxy) is 1. The van der Waals surface area contributed by atoms with Crippen LogP contribution >= 0.6 is 27.5 Å². The maximum Gasteiger partial charge on any atom is 0.340 e. The van der Waals surface area contributed by atoms with Crippen molar-refractivity contribution in [3.8, 4) is 0 Å². The molecule has 112 valence electrons. The van der Waals surface area contributed by atoms with Crippen molar-refractivity contribution in [2.75, 3.05) is 5.73 Å². The van der Waals surface area contributed by atoms with Crippen molar-refractivity contribution in [2.24, 2.45) is 7.05 Å². The number of benzene rings is 1. The van der Waals surface area contributed by atoms with E-state index in [4.69, 9.17) is 22.1 Å². The van der Waals surface area contributed by atoms with Crippen molar-refractivity contribution in [1.82, 2.24) is 9.78 Å². The molecule has 2 rings (SSSR count). The van der Waals surface area contributed by atoms with Gasteiger partial charge in [0.15, 0.2) is 0 Å². The van der Waals surface area contributed by atoms with Gasteiger partial charge in [-0.05, 0) is 40.5 Å². The molecule has 0 aliphatic heterocycles. The summed E-state index contributed by atoms with van der Waals surface area (Å²) in [5.41, 5.74) is 8.08. The Morgan fingerprint density at radius 1 is 1.52 bits per heavy atom. The SMILES string of the molecule is CCc1nn(C)c(COC(=O)c2cc(N)ccc2Cl)c1Br. The molecule has 0 fully saturated rings. The summed E-state index contributed by atoms with van der Waals surface area (Å²) >= 11 is 9.45. The Bertz CT molecular complexity index is 685. The third kappa shape index (κ3) is 3.39. The van der Waals surface area contributed by atoms with Gasteiger partial charge in [-0.3, -0.25) is 4.68 Å². The van der Waals surface area contributed by atoms with Gasteiger partial charge in [-0.15, -0.1) is 0 Å². The molecule has 21 heavy (non-hydrogen) atoms. The quantitative estimate of drug-likeness (QED) is 0.660. The molecule has 0 bridgehead atoms. The molecule has 0 saturated heterocycles. The number of hydrogen-bond donors (Lipinski definition) is 1. The third-order valence-corrected chi connectivity index (χ3v) is 4.30. The van der Waals surface area contributed by atoms with Crippen LogP contribution in [0.15, 0.2) is 22.7 Å². The molecule has 0 amide bonds. The first-order valence-corrected chi connectivity index (χ1v) is 7.53. The summed E-state index contributed by atoms with van der Waals surface area (Å²) in [5.74, 6) is -0.515. The topological polar surface area (TPSA) is 70.1 Å². The number of hydrogen-bond acceptors (Lipinski definition) is 4. The van der Waals surface area contributed by atoms with Crippen LogP contribution in [0, 0.1) is 0 Å². The number of anilines is 1. The second-order valence-electron chi connectivity index (χ2n) is 4.50. The van der Waals surface area contributed by atoms with Crippen molar-refractivity contribution in [3.05, 3.63) is 44.6 Å². The second kappa shape index (κ2) is 6.49. The highest BCUT2D eigenvalue weighted by Gasteiger charge is 2.17. The van der Waals surface area contributed by atoms with Crippen LogP contribution in [-0.4, -0.2) is 15.7 Å². The minimum atomic E-state index is -0.515. The molecule has 5 nitrogen and oxygen atoms in total. The average Bonchev–Trinajstić information content (AvgIpc) is 2.73. The van der Waals surface area contributed by atoms with Crippen LogP contribution in [0.3, 0.4) is 0 Å². The highest BCUT2D eigenvalue weighted by Crippen LogP contribution is 2.24. The van der Waals surface area contributed by atoms with E-state index in [1.807, 2.05) is 6.92 Å². The number of aromatic nitrogens is 2. The Hall–Kier alpha value is -1.53. The van der Waals surface area contributed by atoms with E-state index in [0.29, 0.717) is 10.7 Å². The van der Waals surface area contributed by atoms with Gasteiger partial charge >= 0.3 is 5.97 Å². The van der Waals surface area contributed by atoms with E-state index >= 15 is 0 Å². The zero-order valence-corrected chi connectivity index (χ0v) is 14.0. The van der Waals surface area contributed by atoms with Gasteiger partial charge in [-0.2, -0.15) is 5.10 Å². The Labute approximate surface area is 136 Å². The lowest BCUT2D eigenvalue weighted by molar-refractivity contribution is 0.0463. The van der Waals surface area contributed by atoms with Crippen LogP contribution in [0.25, 0.3) is 0 Å². The molecular weight excluding hydrogens is 358 g/mol. The Morgan fingerprint density at radius 2 is 2.24 bits per heavy atom. The van der Waals surface area contributed by atoms with E-state index in [1.165, 1.54) is 6.07 Å². The van der Waals surface area contributed by atoms with Crippen molar-refractivity contribution < 1.29 is 9.53 Å². The minimum Gasteiger partial charge on any atom is -0.456 e. The maximum absolute atomic E-state index is 12.1. The molecule has 0 spiro atoms. The predicted octanol–water partition coefficient (Wildman–Crippen LogP) is 3.34. The first-order valence-electron chi connectivity index (χ1n) is 6.36. The Balaban J connectivity index is 2.15.